The Labute approximate surface area is 201 Å². The first-order valence-corrected chi connectivity index (χ1v) is 11.7. The predicted octanol–water partition coefficient (Wildman–Crippen LogP) is 6.50. The monoisotopic (exact) mass is 469 g/mol. The summed E-state index contributed by atoms with van der Waals surface area (Å²) in [5.41, 5.74) is 5.11. The van der Waals surface area contributed by atoms with Crippen molar-refractivity contribution in [1.29, 1.82) is 0 Å². The molecule has 0 spiro atoms. The van der Waals surface area contributed by atoms with Gasteiger partial charge >= 0.3 is 0 Å². The van der Waals surface area contributed by atoms with E-state index in [-0.39, 0.29) is 23.3 Å². The fourth-order valence-electron chi connectivity index (χ4n) is 3.95. The molecule has 3 aromatic rings. The predicted molar refractivity (Wildman–Crippen MR) is 134 cm³/mol. The zero-order valence-electron chi connectivity index (χ0n) is 19.7. The first-order chi connectivity index (χ1) is 15.6. The van der Waals surface area contributed by atoms with Crippen molar-refractivity contribution in [3.8, 4) is 11.1 Å². The highest BCUT2D eigenvalue weighted by molar-refractivity contribution is 6.30. The normalized spacial score (nSPS) is 13.7. The van der Waals surface area contributed by atoms with Gasteiger partial charge in [0.2, 0.25) is 0 Å². The molecule has 5 heteroatoms. The van der Waals surface area contributed by atoms with E-state index in [1.807, 2.05) is 39.0 Å². The van der Waals surface area contributed by atoms with Crippen molar-refractivity contribution in [2.45, 2.75) is 51.9 Å². The van der Waals surface area contributed by atoms with Gasteiger partial charge < -0.3 is 15.2 Å². The minimum Gasteiger partial charge on any atom is -0.389 e. The topological polar surface area (TPSA) is 41.5 Å². The fourth-order valence-corrected chi connectivity index (χ4v) is 4.07. The first-order valence-electron chi connectivity index (χ1n) is 11.3. The number of aliphatic hydroxyl groups excluding tert-OH is 1. The molecule has 0 aliphatic rings. The molecule has 0 saturated heterocycles. The number of halogens is 2. The molecule has 0 amide bonds. The number of nitrogens with one attached hydrogen (secondary N) is 1. The SMILES string of the molecule is Cc1cccc(-c2ccccc2C(C)OC[C@H](O)CNC(C)(C)Cc2ccc(Cl)c(F)c2)c1. The second-order valence-electron chi connectivity index (χ2n) is 9.28. The van der Waals surface area contributed by atoms with Gasteiger partial charge in [0.25, 0.3) is 0 Å². The van der Waals surface area contributed by atoms with Gasteiger partial charge in [0.05, 0.1) is 23.8 Å². The van der Waals surface area contributed by atoms with Crippen LogP contribution in [0.3, 0.4) is 0 Å². The van der Waals surface area contributed by atoms with E-state index in [0.717, 1.165) is 22.3 Å². The molecule has 3 aromatic carbocycles. The van der Waals surface area contributed by atoms with Crippen LogP contribution in [-0.4, -0.2) is 29.9 Å². The number of benzene rings is 3. The molecule has 2 atom stereocenters. The third-order valence-corrected chi connectivity index (χ3v) is 6.02. The Balaban J connectivity index is 1.54. The van der Waals surface area contributed by atoms with Crippen LogP contribution in [-0.2, 0) is 11.2 Å². The Kier molecular flexibility index (Phi) is 8.66. The van der Waals surface area contributed by atoms with Gasteiger partial charge in [0, 0.05) is 12.1 Å². The number of rotatable bonds is 10. The summed E-state index contributed by atoms with van der Waals surface area (Å²) in [7, 11) is 0. The zero-order valence-corrected chi connectivity index (χ0v) is 20.5. The molecular formula is C28H33ClFNO2. The van der Waals surface area contributed by atoms with Gasteiger partial charge in [-0.1, -0.05) is 71.8 Å². The molecule has 2 N–H and O–H groups in total. The summed E-state index contributed by atoms with van der Waals surface area (Å²) in [5.74, 6) is -0.418. The molecule has 0 fully saturated rings. The number of aliphatic hydroxyl groups is 1. The maximum absolute atomic E-state index is 13.7. The molecular weight excluding hydrogens is 437 g/mol. The summed E-state index contributed by atoms with van der Waals surface area (Å²) in [6, 6.07) is 21.5. The molecule has 3 rings (SSSR count). The number of ether oxygens (including phenoxy) is 1. The lowest BCUT2D eigenvalue weighted by Crippen LogP contribution is -2.46. The van der Waals surface area contributed by atoms with Crippen LogP contribution in [0.15, 0.2) is 66.7 Å². The molecule has 0 aromatic heterocycles. The summed E-state index contributed by atoms with van der Waals surface area (Å²) in [4.78, 5) is 0. The van der Waals surface area contributed by atoms with Crippen LogP contribution in [0.1, 0.15) is 43.6 Å². The van der Waals surface area contributed by atoms with E-state index in [1.54, 1.807) is 6.07 Å². The van der Waals surface area contributed by atoms with Gasteiger partial charge in [-0.05, 0) is 68.5 Å². The summed E-state index contributed by atoms with van der Waals surface area (Å²) in [6.07, 6.45) is -0.226. The highest BCUT2D eigenvalue weighted by Crippen LogP contribution is 2.30. The molecule has 0 saturated carbocycles. The molecule has 33 heavy (non-hydrogen) atoms. The molecule has 3 nitrogen and oxygen atoms in total. The number of hydrogen-bond donors (Lipinski definition) is 2. The van der Waals surface area contributed by atoms with Crippen LogP contribution in [0, 0.1) is 12.7 Å². The van der Waals surface area contributed by atoms with Gasteiger partial charge in [0.15, 0.2) is 0 Å². The minimum absolute atomic E-state index is 0.121. The zero-order chi connectivity index (χ0) is 24.0. The lowest BCUT2D eigenvalue weighted by molar-refractivity contribution is -0.00397. The van der Waals surface area contributed by atoms with E-state index in [0.29, 0.717) is 13.0 Å². The molecule has 0 radical (unpaired) electrons. The number of hydrogen-bond acceptors (Lipinski definition) is 3. The van der Waals surface area contributed by atoms with Crippen molar-refractivity contribution in [3.05, 3.63) is 94.3 Å². The standard InChI is InChI=1S/C28H33ClFNO2/c1-19-8-7-9-22(14-19)25-11-6-5-10-24(25)20(2)33-18-23(32)17-31-28(3,4)16-21-12-13-26(29)27(30)15-21/h5-15,20,23,31-32H,16-18H2,1-4H3/t20?,23-/m1/s1. The summed E-state index contributed by atoms with van der Waals surface area (Å²) >= 11 is 5.77. The van der Waals surface area contributed by atoms with Crippen LogP contribution in [0.4, 0.5) is 4.39 Å². The maximum Gasteiger partial charge on any atom is 0.142 e. The van der Waals surface area contributed by atoms with Crippen molar-refractivity contribution >= 4 is 11.6 Å². The van der Waals surface area contributed by atoms with Crippen molar-refractivity contribution in [1.82, 2.24) is 5.32 Å². The van der Waals surface area contributed by atoms with Crippen LogP contribution in [0.25, 0.3) is 11.1 Å². The van der Waals surface area contributed by atoms with E-state index in [4.69, 9.17) is 16.3 Å². The Bertz CT molecular complexity index is 1070. The molecule has 0 heterocycles. The lowest BCUT2D eigenvalue weighted by Gasteiger charge is -2.28. The van der Waals surface area contributed by atoms with E-state index in [2.05, 4.69) is 48.6 Å². The summed E-state index contributed by atoms with van der Waals surface area (Å²) < 4.78 is 19.8. The van der Waals surface area contributed by atoms with Crippen LogP contribution in [0.2, 0.25) is 5.02 Å². The molecule has 0 bridgehead atoms. The Morgan fingerprint density at radius 3 is 2.55 bits per heavy atom. The summed E-state index contributed by atoms with van der Waals surface area (Å²) in [6.45, 7) is 8.72. The minimum atomic E-state index is -0.667. The second-order valence-corrected chi connectivity index (χ2v) is 9.68. The lowest BCUT2D eigenvalue weighted by atomic mass is 9.94. The fraction of sp³-hybridized carbons (Fsp3) is 0.357. The average Bonchev–Trinajstić information content (AvgIpc) is 2.78. The third-order valence-electron chi connectivity index (χ3n) is 5.71. The van der Waals surface area contributed by atoms with Crippen LogP contribution in [0.5, 0.6) is 0 Å². The number of aryl methyl sites for hydroxylation is 1. The van der Waals surface area contributed by atoms with E-state index in [1.165, 1.54) is 11.6 Å². The van der Waals surface area contributed by atoms with Crippen molar-refractivity contribution < 1.29 is 14.2 Å². The van der Waals surface area contributed by atoms with Gasteiger partial charge in [-0.2, -0.15) is 0 Å². The highest BCUT2D eigenvalue weighted by atomic mass is 35.5. The average molecular weight is 470 g/mol. The number of β-amino-alcohol motifs (C(OH)–C–C–N with tert-alkyl or cyclic N) is 1. The maximum atomic E-state index is 13.7. The second kappa shape index (κ2) is 11.3. The molecule has 0 aliphatic heterocycles. The smallest absolute Gasteiger partial charge is 0.142 e. The van der Waals surface area contributed by atoms with Crippen LogP contribution < -0.4 is 5.32 Å². The molecule has 176 valence electrons. The quantitative estimate of drug-likeness (QED) is 0.356. The Morgan fingerprint density at radius 1 is 1.06 bits per heavy atom. The Hall–Kier alpha value is -2.24. The van der Waals surface area contributed by atoms with Crippen molar-refractivity contribution in [2.75, 3.05) is 13.2 Å². The largest absolute Gasteiger partial charge is 0.389 e. The van der Waals surface area contributed by atoms with E-state index in [9.17, 15) is 9.50 Å². The van der Waals surface area contributed by atoms with Gasteiger partial charge in [-0.25, -0.2) is 4.39 Å². The van der Waals surface area contributed by atoms with Gasteiger partial charge in [-0.3, -0.25) is 0 Å². The van der Waals surface area contributed by atoms with Gasteiger partial charge in [-0.15, -0.1) is 0 Å². The van der Waals surface area contributed by atoms with E-state index >= 15 is 0 Å². The van der Waals surface area contributed by atoms with Crippen LogP contribution >= 0.6 is 11.6 Å². The Morgan fingerprint density at radius 2 is 1.82 bits per heavy atom. The first kappa shape index (κ1) is 25.4. The molecule has 0 aliphatic carbocycles. The summed E-state index contributed by atoms with van der Waals surface area (Å²) in [5, 5.41) is 14.0. The third kappa shape index (κ3) is 7.38. The van der Waals surface area contributed by atoms with Crippen molar-refractivity contribution in [3.63, 3.8) is 0 Å². The van der Waals surface area contributed by atoms with E-state index < -0.39 is 11.9 Å². The molecule has 1 unspecified atom stereocenters. The van der Waals surface area contributed by atoms with Crippen molar-refractivity contribution in [2.24, 2.45) is 0 Å². The highest BCUT2D eigenvalue weighted by Gasteiger charge is 2.21. The van der Waals surface area contributed by atoms with Gasteiger partial charge in [0.1, 0.15) is 5.82 Å².